The zero-order valence-corrected chi connectivity index (χ0v) is 32.8. The number of fused-ring (bicyclic) bond motifs is 1. The molecule has 12 nitrogen and oxygen atoms in total. The van der Waals surface area contributed by atoms with E-state index in [2.05, 4.69) is 28.4 Å². The summed E-state index contributed by atoms with van der Waals surface area (Å²) in [4.78, 5) is 27.9. The summed E-state index contributed by atoms with van der Waals surface area (Å²) in [7, 11) is 1.66. The van der Waals surface area contributed by atoms with E-state index in [1.165, 1.54) is 4.90 Å². The molecule has 0 aromatic heterocycles. The number of piperidine rings is 1. The van der Waals surface area contributed by atoms with Crippen LogP contribution in [0.4, 0.5) is 10.5 Å². The van der Waals surface area contributed by atoms with E-state index in [0.717, 1.165) is 84.1 Å². The molecule has 2 N–H and O–H groups in total. The van der Waals surface area contributed by atoms with E-state index in [1.54, 1.807) is 7.11 Å². The van der Waals surface area contributed by atoms with E-state index in [-0.39, 0.29) is 31.1 Å². The lowest BCUT2D eigenvalue weighted by Crippen LogP contribution is -2.46. The standard InChI is InChI=1S/C45H55N3O9/c1-52-41-13-6-5-12-37(41)33-53-25-9-26-54-38-17-15-36(16-18-38)39-20-23-48(45(50)51)30-43(39)56-32-35-14-19-42-40(28-35)47(24-27-55-42)22-8-7-21-46-29-44(49)57-31-34-10-3-2-4-11-34/h2-6,10-19,28,39,43,46H,7-9,20-27,29-33H2,1H3,(H,50,51). The van der Waals surface area contributed by atoms with Gasteiger partial charge in [0.25, 0.3) is 0 Å². The molecule has 1 amide bonds. The van der Waals surface area contributed by atoms with Gasteiger partial charge < -0.3 is 48.6 Å². The van der Waals surface area contributed by atoms with Gasteiger partial charge in [0, 0.05) is 31.0 Å². The molecule has 2 aliphatic heterocycles. The number of para-hydroxylation sites is 1. The second kappa shape index (κ2) is 21.9. The number of amides is 1. The number of benzene rings is 4. The minimum atomic E-state index is -0.933. The molecule has 0 spiro atoms. The van der Waals surface area contributed by atoms with Gasteiger partial charge in [-0.05, 0) is 72.8 Å². The van der Waals surface area contributed by atoms with Crippen molar-refractivity contribution in [3.05, 3.63) is 119 Å². The number of carboxylic acid groups (broad SMARTS) is 1. The second-order valence-electron chi connectivity index (χ2n) is 14.3. The molecule has 304 valence electrons. The number of esters is 1. The monoisotopic (exact) mass is 781 g/mol. The molecule has 0 bridgehead atoms. The maximum atomic E-state index is 12.1. The van der Waals surface area contributed by atoms with Crippen LogP contribution in [0.25, 0.3) is 0 Å². The van der Waals surface area contributed by atoms with Crippen molar-refractivity contribution in [2.75, 3.05) is 71.1 Å². The molecule has 0 saturated carbocycles. The van der Waals surface area contributed by atoms with Crippen LogP contribution in [-0.4, -0.2) is 94.4 Å². The molecule has 1 saturated heterocycles. The summed E-state index contributed by atoms with van der Waals surface area (Å²) in [6.45, 7) is 6.13. The molecule has 12 heteroatoms. The third kappa shape index (κ3) is 12.6. The van der Waals surface area contributed by atoms with Crippen LogP contribution in [0.1, 0.15) is 53.9 Å². The fourth-order valence-electron chi connectivity index (χ4n) is 7.18. The van der Waals surface area contributed by atoms with Gasteiger partial charge in [0.2, 0.25) is 0 Å². The number of ether oxygens (including phenoxy) is 6. The molecule has 0 aliphatic carbocycles. The molecule has 4 aromatic rings. The molecule has 2 aliphatic rings. The van der Waals surface area contributed by atoms with Gasteiger partial charge >= 0.3 is 12.1 Å². The fraction of sp³-hybridized carbons (Fsp3) is 0.422. The van der Waals surface area contributed by atoms with Crippen LogP contribution in [0.15, 0.2) is 97.1 Å². The lowest BCUT2D eigenvalue weighted by molar-refractivity contribution is -0.143. The minimum absolute atomic E-state index is 0.0369. The van der Waals surface area contributed by atoms with Gasteiger partial charge in [0.1, 0.15) is 30.5 Å². The smallest absolute Gasteiger partial charge is 0.407 e. The number of carbonyl (C=O) groups is 2. The summed E-state index contributed by atoms with van der Waals surface area (Å²) in [6.07, 6.45) is 2.03. The van der Waals surface area contributed by atoms with Crippen molar-refractivity contribution in [2.24, 2.45) is 0 Å². The topological polar surface area (TPSA) is 128 Å². The Bertz CT molecular complexity index is 1840. The first-order valence-corrected chi connectivity index (χ1v) is 19.9. The summed E-state index contributed by atoms with van der Waals surface area (Å²) in [5.74, 6) is 2.22. The van der Waals surface area contributed by atoms with Gasteiger partial charge in [-0.2, -0.15) is 0 Å². The van der Waals surface area contributed by atoms with Crippen LogP contribution < -0.4 is 24.4 Å². The van der Waals surface area contributed by atoms with E-state index in [4.69, 9.17) is 28.4 Å². The first-order chi connectivity index (χ1) is 28.0. The van der Waals surface area contributed by atoms with E-state index < -0.39 is 6.09 Å². The Morgan fingerprint density at radius 1 is 0.860 bits per heavy atom. The number of rotatable bonds is 21. The Balaban J connectivity index is 0.948. The third-order valence-corrected chi connectivity index (χ3v) is 10.3. The van der Waals surface area contributed by atoms with Crippen LogP contribution in [0.5, 0.6) is 17.2 Å². The van der Waals surface area contributed by atoms with Crippen molar-refractivity contribution in [2.45, 2.75) is 57.5 Å². The van der Waals surface area contributed by atoms with Crippen LogP contribution in [0, 0.1) is 0 Å². The predicted octanol–water partition coefficient (Wildman–Crippen LogP) is 7.05. The van der Waals surface area contributed by atoms with Crippen molar-refractivity contribution in [3.8, 4) is 17.2 Å². The van der Waals surface area contributed by atoms with Crippen molar-refractivity contribution < 1.29 is 43.1 Å². The normalized spacial score (nSPS) is 16.4. The summed E-state index contributed by atoms with van der Waals surface area (Å²) in [5, 5.41) is 13.0. The molecular weight excluding hydrogens is 727 g/mol. The molecule has 4 aromatic carbocycles. The number of anilines is 1. The Kier molecular flexibility index (Phi) is 15.8. The largest absolute Gasteiger partial charge is 0.496 e. The SMILES string of the molecule is COc1ccccc1COCCCOc1ccc(C2CCN(C(=O)O)CC2OCc2ccc3c(c2)N(CCCCNCC(=O)OCc2ccccc2)CCO3)cc1. The number of hydrogen-bond acceptors (Lipinski definition) is 10. The molecule has 2 heterocycles. The van der Waals surface area contributed by atoms with Crippen LogP contribution in [0.2, 0.25) is 0 Å². The van der Waals surface area contributed by atoms with Gasteiger partial charge in [0.05, 0.1) is 65.0 Å². The number of carbonyl (C=O) groups excluding carboxylic acids is 1. The summed E-state index contributed by atoms with van der Waals surface area (Å²) in [5.41, 5.74) is 5.12. The third-order valence-electron chi connectivity index (χ3n) is 10.3. The van der Waals surface area contributed by atoms with Gasteiger partial charge in [-0.25, -0.2) is 4.79 Å². The van der Waals surface area contributed by atoms with Crippen molar-refractivity contribution in [1.82, 2.24) is 10.2 Å². The Hall–Kier alpha value is -5.30. The Morgan fingerprint density at radius 3 is 2.51 bits per heavy atom. The number of methoxy groups -OCH3 is 1. The Labute approximate surface area is 335 Å². The molecular formula is C45H55N3O9. The van der Waals surface area contributed by atoms with Gasteiger partial charge in [0.15, 0.2) is 0 Å². The van der Waals surface area contributed by atoms with E-state index in [0.29, 0.717) is 52.5 Å². The first kappa shape index (κ1) is 41.3. The lowest BCUT2D eigenvalue weighted by atomic mass is 9.87. The van der Waals surface area contributed by atoms with Gasteiger partial charge in [-0.3, -0.25) is 4.79 Å². The second-order valence-corrected chi connectivity index (χ2v) is 14.3. The van der Waals surface area contributed by atoms with E-state index >= 15 is 0 Å². The molecule has 2 atom stereocenters. The number of nitrogens with one attached hydrogen (secondary N) is 1. The predicted molar refractivity (Wildman–Crippen MR) is 217 cm³/mol. The summed E-state index contributed by atoms with van der Waals surface area (Å²) >= 11 is 0. The van der Waals surface area contributed by atoms with Gasteiger partial charge in [-0.1, -0.05) is 66.7 Å². The van der Waals surface area contributed by atoms with Crippen LogP contribution in [0.3, 0.4) is 0 Å². The summed E-state index contributed by atoms with van der Waals surface area (Å²) < 4.78 is 35.1. The number of likely N-dealkylation sites (tertiary alicyclic amines) is 1. The number of unbranched alkanes of at least 4 members (excludes halogenated alkanes) is 1. The van der Waals surface area contributed by atoms with Crippen molar-refractivity contribution in [1.29, 1.82) is 0 Å². The molecule has 6 rings (SSSR count). The molecule has 0 radical (unpaired) electrons. The molecule has 2 unspecified atom stereocenters. The van der Waals surface area contributed by atoms with E-state index in [9.17, 15) is 14.7 Å². The zero-order valence-electron chi connectivity index (χ0n) is 32.8. The Morgan fingerprint density at radius 2 is 1.68 bits per heavy atom. The zero-order chi connectivity index (χ0) is 39.7. The average molecular weight is 782 g/mol. The van der Waals surface area contributed by atoms with E-state index in [1.807, 2.05) is 78.9 Å². The van der Waals surface area contributed by atoms with Crippen molar-refractivity contribution in [3.63, 3.8) is 0 Å². The molecule has 57 heavy (non-hydrogen) atoms. The van der Waals surface area contributed by atoms with Gasteiger partial charge in [-0.15, -0.1) is 0 Å². The van der Waals surface area contributed by atoms with Crippen molar-refractivity contribution >= 4 is 17.7 Å². The summed E-state index contributed by atoms with van der Waals surface area (Å²) in [6, 6.07) is 31.7. The maximum absolute atomic E-state index is 12.1. The fourth-order valence-corrected chi connectivity index (χ4v) is 7.18. The van der Waals surface area contributed by atoms with Crippen LogP contribution in [-0.2, 0) is 38.8 Å². The highest BCUT2D eigenvalue weighted by atomic mass is 16.5. The average Bonchev–Trinajstić information content (AvgIpc) is 3.25. The quantitative estimate of drug-likeness (QED) is 0.0667. The molecule has 1 fully saturated rings. The lowest BCUT2D eigenvalue weighted by Gasteiger charge is -2.37. The highest BCUT2D eigenvalue weighted by Gasteiger charge is 2.33. The highest BCUT2D eigenvalue weighted by molar-refractivity contribution is 5.71. The number of nitrogens with zero attached hydrogens (tertiary/aromatic N) is 2. The first-order valence-electron chi connectivity index (χ1n) is 19.9. The highest BCUT2D eigenvalue weighted by Crippen LogP contribution is 2.35. The minimum Gasteiger partial charge on any atom is -0.496 e. The maximum Gasteiger partial charge on any atom is 0.407 e. The number of hydrogen-bond donors (Lipinski definition) is 2. The van der Waals surface area contributed by atoms with Crippen LogP contribution >= 0.6 is 0 Å².